The van der Waals surface area contributed by atoms with Gasteiger partial charge in [-0.15, -0.1) is 10.2 Å². The fourth-order valence-electron chi connectivity index (χ4n) is 3.32. The van der Waals surface area contributed by atoms with Gasteiger partial charge in [-0.1, -0.05) is 11.6 Å². The highest BCUT2D eigenvalue weighted by molar-refractivity contribution is 6.30. The zero-order chi connectivity index (χ0) is 18.8. The minimum atomic E-state index is 0.672. The SMILES string of the molecule is Cc1cc(C)n(-c2ccc(N3CCN(Cc4ccc(Cl)cn4)CC3)nn2)n1. The van der Waals surface area contributed by atoms with E-state index in [-0.39, 0.29) is 0 Å². The first kappa shape index (κ1) is 17.9. The van der Waals surface area contributed by atoms with Gasteiger partial charge in [0.05, 0.1) is 16.4 Å². The summed E-state index contributed by atoms with van der Waals surface area (Å²) in [6, 6.07) is 9.91. The molecule has 8 heteroatoms. The summed E-state index contributed by atoms with van der Waals surface area (Å²) in [7, 11) is 0. The van der Waals surface area contributed by atoms with Gasteiger partial charge < -0.3 is 4.90 Å². The lowest BCUT2D eigenvalue weighted by Crippen LogP contribution is -2.46. The Morgan fingerprint density at radius 2 is 1.70 bits per heavy atom. The third-order valence-electron chi connectivity index (χ3n) is 4.73. The van der Waals surface area contributed by atoms with E-state index in [1.54, 1.807) is 6.20 Å². The predicted molar refractivity (Wildman–Crippen MR) is 105 cm³/mol. The molecule has 140 valence electrons. The first-order chi connectivity index (χ1) is 13.1. The monoisotopic (exact) mass is 383 g/mol. The maximum absolute atomic E-state index is 5.90. The van der Waals surface area contributed by atoms with Gasteiger partial charge >= 0.3 is 0 Å². The van der Waals surface area contributed by atoms with Crippen LogP contribution in [0, 0.1) is 13.8 Å². The lowest BCUT2D eigenvalue weighted by molar-refractivity contribution is 0.246. The van der Waals surface area contributed by atoms with Crippen LogP contribution in [0.25, 0.3) is 5.82 Å². The summed E-state index contributed by atoms with van der Waals surface area (Å²) in [5, 5.41) is 13.9. The molecule has 0 amide bonds. The van der Waals surface area contributed by atoms with Crippen molar-refractivity contribution in [3.63, 3.8) is 0 Å². The van der Waals surface area contributed by atoms with E-state index in [1.807, 2.05) is 48.9 Å². The molecular formula is C19H22ClN7. The van der Waals surface area contributed by atoms with Crippen molar-refractivity contribution in [3.05, 3.63) is 58.6 Å². The van der Waals surface area contributed by atoms with Crippen LogP contribution in [0.15, 0.2) is 36.5 Å². The highest BCUT2D eigenvalue weighted by atomic mass is 35.5. The molecule has 0 unspecified atom stereocenters. The van der Waals surface area contributed by atoms with Crippen LogP contribution in [-0.2, 0) is 6.54 Å². The van der Waals surface area contributed by atoms with E-state index >= 15 is 0 Å². The van der Waals surface area contributed by atoms with Crippen molar-refractivity contribution < 1.29 is 0 Å². The number of nitrogens with zero attached hydrogens (tertiary/aromatic N) is 7. The molecule has 3 aromatic heterocycles. The van der Waals surface area contributed by atoms with E-state index < -0.39 is 0 Å². The Morgan fingerprint density at radius 1 is 0.963 bits per heavy atom. The zero-order valence-corrected chi connectivity index (χ0v) is 16.3. The summed E-state index contributed by atoms with van der Waals surface area (Å²) in [4.78, 5) is 9.04. The number of hydrogen-bond donors (Lipinski definition) is 0. The smallest absolute Gasteiger partial charge is 0.176 e. The normalized spacial score (nSPS) is 15.3. The van der Waals surface area contributed by atoms with Crippen LogP contribution in [0.3, 0.4) is 0 Å². The van der Waals surface area contributed by atoms with E-state index in [4.69, 9.17) is 11.6 Å². The Hall–Kier alpha value is -2.51. The third kappa shape index (κ3) is 4.09. The molecule has 1 saturated heterocycles. The van der Waals surface area contributed by atoms with Gasteiger partial charge in [0.1, 0.15) is 0 Å². The summed E-state index contributed by atoms with van der Waals surface area (Å²) in [5.74, 6) is 1.65. The first-order valence-electron chi connectivity index (χ1n) is 9.03. The van der Waals surface area contributed by atoms with Crippen LogP contribution < -0.4 is 4.90 Å². The van der Waals surface area contributed by atoms with Gasteiger partial charge in [-0.3, -0.25) is 9.88 Å². The topological polar surface area (TPSA) is 63.0 Å². The molecule has 0 saturated carbocycles. The van der Waals surface area contributed by atoms with E-state index in [0.29, 0.717) is 5.02 Å². The standard InChI is InChI=1S/C19H22ClN7/c1-14-11-15(2)27(24-14)19-6-5-18(22-23-19)26-9-7-25(8-10-26)13-17-4-3-16(20)12-21-17/h3-6,11-12H,7-10,13H2,1-2H3. The molecule has 0 atom stereocenters. The van der Waals surface area contributed by atoms with E-state index in [0.717, 1.165) is 61.4 Å². The quantitative estimate of drug-likeness (QED) is 0.690. The molecule has 0 N–H and O–H groups in total. The van der Waals surface area contributed by atoms with Crippen molar-refractivity contribution in [1.82, 2.24) is 29.9 Å². The van der Waals surface area contributed by atoms with Crippen LogP contribution in [-0.4, -0.2) is 56.0 Å². The van der Waals surface area contributed by atoms with Crippen molar-refractivity contribution in [2.24, 2.45) is 0 Å². The first-order valence-corrected chi connectivity index (χ1v) is 9.41. The lowest BCUT2D eigenvalue weighted by Gasteiger charge is -2.34. The number of rotatable bonds is 4. The molecule has 0 aromatic carbocycles. The molecule has 0 radical (unpaired) electrons. The minimum Gasteiger partial charge on any atom is -0.353 e. The van der Waals surface area contributed by atoms with Gasteiger partial charge in [0.2, 0.25) is 0 Å². The summed E-state index contributed by atoms with van der Waals surface area (Å²) < 4.78 is 1.82. The van der Waals surface area contributed by atoms with Crippen molar-refractivity contribution >= 4 is 17.4 Å². The molecule has 27 heavy (non-hydrogen) atoms. The average molecular weight is 384 g/mol. The average Bonchev–Trinajstić information content (AvgIpc) is 3.02. The largest absolute Gasteiger partial charge is 0.353 e. The molecule has 1 aliphatic rings. The Labute approximate surface area is 163 Å². The molecule has 0 spiro atoms. The Balaban J connectivity index is 1.36. The fourth-order valence-corrected chi connectivity index (χ4v) is 3.44. The Morgan fingerprint density at radius 3 is 2.30 bits per heavy atom. The van der Waals surface area contributed by atoms with E-state index in [1.165, 1.54) is 0 Å². The van der Waals surface area contributed by atoms with E-state index in [2.05, 4.69) is 30.1 Å². The second kappa shape index (κ2) is 7.62. The number of anilines is 1. The van der Waals surface area contributed by atoms with Crippen molar-refractivity contribution in [2.75, 3.05) is 31.1 Å². The second-order valence-electron chi connectivity index (χ2n) is 6.82. The van der Waals surface area contributed by atoms with Crippen LogP contribution in [0.5, 0.6) is 0 Å². The van der Waals surface area contributed by atoms with Gasteiger partial charge in [-0.05, 0) is 44.2 Å². The number of pyridine rings is 1. The van der Waals surface area contributed by atoms with Gasteiger partial charge in [0.25, 0.3) is 0 Å². The highest BCUT2D eigenvalue weighted by Crippen LogP contribution is 2.16. The number of aryl methyl sites for hydroxylation is 2. The van der Waals surface area contributed by atoms with Crippen LogP contribution in [0.4, 0.5) is 5.82 Å². The van der Waals surface area contributed by atoms with Crippen molar-refractivity contribution in [1.29, 1.82) is 0 Å². The third-order valence-corrected chi connectivity index (χ3v) is 4.96. The second-order valence-corrected chi connectivity index (χ2v) is 7.26. The van der Waals surface area contributed by atoms with Crippen molar-refractivity contribution in [2.45, 2.75) is 20.4 Å². The summed E-state index contributed by atoms with van der Waals surface area (Å²) in [5.41, 5.74) is 3.07. The highest BCUT2D eigenvalue weighted by Gasteiger charge is 2.19. The van der Waals surface area contributed by atoms with Gasteiger partial charge in [-0.2, -0.15) is 5.10 Å². The van der Waals surface area contributed by atoms with Gasteiger partial charge in [0, 0.05) is 44.6 Å². The number of piperazine rings is 1. The predicted octanol–water partition coefficient (Wildman–Crippen LogP) is 2.65. The maximum Gasteiger partial charge on any atom is 0.176 e. The summed E-state index contributed by atoms with van der Waals surface area (Å²) in [6.07, 6.45) is 1.70. The number of halogens is 1. The zero-order valence-electron chi connectivity index (χ0n) is 15.5. The van der Waals surface area contributed by atoms with Gasteiger partial charge in [0.15, 0.2) is 11.6 Å². The molecule has 0 aliphatic carbocycles. The molecule has 4 heterocycles. The van der Waals surface area contributed by atoms with Crippen molar-refractivity contribution in [3.8, 4) is 5.82 Å². The molecule has 1 fully saturated rings. The Kier molecular flexibility index (Phi) is 5.05. The van der Waals surface area contributed by atoms with Gasteiger partial charge in [-0.25, -0.2) is 4.68 Å². The number of aromatic nitrogens is 5. The fraction of sp³-hybridized carbons (Fsp3) is 0.368. The number of hydrogen-bond acceptors (Lipinski definition) is 6. The molecule has 1 aliphatic heterocycles. The molecule has 4 rings (SSSR count). The van der Waals surface area contributed by atoms with Crippen LogP contribution in [0.2, 0.25) is 5.02 Å². The molecule has 7 nitrogen and oxygen atoms in total. The van der Waals surface area contributed by atoms with Crippen LogP contribution >= 0.6 is 11.6 Å². The molecule has 3 aromatic rings. The molecular weight excluding hydrogens is 362 g/mol. The maximum atomic E-state index is 5.90. The summed E-state index contributed by atoms with van der Waals surface area (Å²) in [6.45, 7) is 8.60. The van der Waals surface area contributed by atoms with Crippen LogP contribution in [0.1, 0.15) is 17.1 Å². The molecule has 0 bridgehead atoms. The van der Waals surface area contributed by atoms with E-state index in [9.17, 15) is 0 Å². The minimum absolute atomic E-state index is 0.672. The summed E-state index contributed by atoms with van der Waals surface area (Å²) >= 11 is 5.90. The lowest BCUT2D eigenvalue weighted by atomic mass is 10.2. The Bertz CT molecular complexity index is 897.